The van der Waals surface area contributed by atoms with E-state index in [1.807, 2.05) is 26.0 Å². The van der Waals surface area contributed by atoms with Gasteiger partial charge in [-0.05, 0) is 37.6 Å². The molecule has 0 saturated heterocycles. The molecule has 0 aliphatic heterocycles. The summed E-state index contributed by atoms with van der Waals surface area (Å²) in [6.45, 7) is 4.21. The second-order valence-corrected chi connectivity index (χ2v) is 6.16. The molecule has 0 bridgehead atoms. The number of hydrogen-bond donors (Lipinski definition) is 1. The Balaban J connectivity index is 1.68. The minimum absolute atomic E-state index is 0.264. The summed E-state index contributed by atoms with van der Waals surface area (Å²) >= 11 is 0. The van der Waals surface area contributed by atoms with Gasteiger partial charge in [0, 0.05) is 24.4 Å². The van der Waals surface area contributed by atoms with Crippen LogP contribution in [0.1, 0.15) is 17.0 Å². The predicted molar refractivity (Wildman–Crippen MR) is 98.4 cm³/mol. The molecule has 3 aromatic heterocycles. The van der Waals surface area contributed by atoms with Crippen LogP contribution in [0, 0.1) is 19.7 Å². The molecule has 0 saturated carbocycles. The molecule has 0 fully saturated rings. The summed E-state index contributed by atoms with van der Waals surface area (Å²) in [5.41, 5.74) is 3.97. The van der Waals surface area contributed by atoms with Crippen LogP contribution in [-0.2, 0) is 6.54 Å². The van der Waals surface area contributed by atoms with Gasteiger partial charge in [0.25, 0.3) is 0 Å². The molecule has 4 rings (SSSR count). The van der Waals surface area contributed by atoms with Gasteiger partial charge in [-0.1, -0.05) is 17.3 Å². The van der Waals surface area contributed by atoms with Crippen molar-refractivity contribution in [3.63, 3.8) is 0 Å². The van der Waals surface area contributed by atoms with E-state index in [1.54, 1.807) is 24.6 Å². The molecule has 6 nitrogen and oxygen atoms in total. The lowest BCUT2D eigenvalue weighted by Crippen LogP contribution is -2.05. The van der Waals surface area contributed by atoms with E-state index in [0.717, 1.165) is 28.1 Å². The molecule has 0 unspecified atom stereocenters. The Morgan fingerprint density at radius 2 is 1.89 bits per heavy atom. The number of benzene rings is 1. The third-order valence-corrected chi connectivity index (χ3v) is 4.16. The molecule has 1 N–H and O–H groups in total. The lowest BCUT2D eigenvalue weighted by Gasteiger charge is -2.09. The zero-order chi connectivity index (χ0) is 18.8. The quantitative estimate of drug-likeness (QED) is 0.550. The summed E-state index contributed by atoms with van der Waals surface area (Å²) in [5.74, 6) is 1.53. The summed E-state index contributed by atoms with van der Waals surface area (Å²) in [6.07, 6.45) is 3.32. The SMILES string of the molecule is Cc1cc(-c2cnc(NCc3ccc(F)cc3)nc2-c2ccoc2C)on1. The molecule has 3 heterocycles. The van der Waals surface area contributed by atoms with Gasteiger partial charge in [-0.25, -0.2) is 14.4 Å². The molecule has 0 amide bonds. The van der Waals surface area contributed by atoms with Crippen LogP contribution >= 0.6 is 0 Å². The van der Waals surface area contributed by atoms with E-state index < -0.39 is 0 Å². The molecule has 0 atom stereocenters. The fraction of sp³-hybridized carbons (Fsp3) is 0.150. The Kier molecular flexibility index (Phi) is 4.42. The standard InChI is InChI=1S/C20H17FN4O2/c1-12-9-18(27-25-12)17-11-23-20(22-10-14-3-5-15(21)6-4-14)24-19(17)16-7-8-26-13(16)2/h3-9,11H,10H2,1-2H3,(H,22,23,24). The number of furan rings is 1. The van der Waals surface area contributed by atoms with Crippen molar-refractivity contribution in [3.05, 3.63) is 71.7 Å². The molecular formula is C20H17FN4O2. The van der Waals surface area contributed by atoms with Gasteiger partial charge in [0.05, 0.1) is 23.2 Å². The first-order valence-electron chi connectivity index (χ1n) is 8.43. The first-order valence-corrected chi connectivity index (χ1v) is 8.43. The Bertz CT molecular complexity index is 1070. The monoisotopic (exact) mass is 364 g/mol. The van der Waals surface area contributed by atoms with Crippen LogP contribution in [0.5, 0.6) is 0 Å². The van der Waals surface area contributed by atoms with Crippen molar-refractivity contribution in [3.8, 4) is 22.6 Å². The van der Waals surface area contributed by atoms with Crippen LogP contribution < -0.4 is 5.32 Å². The van der Waals surface area contributed by atoms with Crippen LogP contribution in [-0.4, -0.2) is 15.1 Å². The van der Waals surface area contributed by atoms with Gasteiger partial charge in [0.2, 0.25) is 5.95 Å². The summed E-state index contributed by atoms with van der Waals surface area (Å²) < 4.78 is 23.9. The van der Waals surface area contributed by atoms with Crippen LogP contribution in [0.2, 0.25) is 0 Å². The molecule has 0 spiro atoms. The fourth-order valence-corrected chi connectivity index (χ4v) is 2.76. The second-order valence-electron chi connectivity index (χ2n) is 6.16. The number of aryl methyl sites for hydroxylation is 2. The van der Waals surface area contributed by atoms with Gasteiger partial charge in [-0.15, -0.1) is 0 Å². The predicted octanol–water partition coefficient (Wildman–Crippen LogP) is 4.76. The molecule has 136 valence electrons. The number of hydrogen-bond acceptors (Lipinski definition) is 6. The van der Waals surface area contributed by atoms with Crippen molar-refractivity contribution in [1.82, 2.24) is 15.1 Å². The molecule has 1 aromatic carbocycles. The van der Waals surface area contributed by atoms with E-state index in [1.165, 1.54) is 12.1 Å². The lowest BCUT2D eigenvalue weighted by atomic mass is 10.1. The van der Waals surface area contributed by atoms with E-state index in [0.29, 0.717) is 23.9 Å². The molecule has 0 aliphatic carbocycles. The average molecular weight is 364 g/mol. The van der Waals surface area contributed by atoms with Gasteiger partial charge < -0.3 is 14.3 Å². The summed E-state index contributed by atoms with van der Waals surface area (Å²) in [5, 5.41) is 7.11. The Labute approximate surface area is 155 Å². The average Bonchev–Trinajstić information content (AvgIpc) is 3.29. The van der Waals surface area contributed by atoms with Gasteiger partial charge in [0.15, 0.2) is 5.76 Å². The van der Waals surface area contributed by atoms with Crippen molar-refractivity contribution in [1.29, 1.82) is 0 Å². The van der Waals surface area contributed by atoms with Gasteiger partial charge in [-0.2, -0.15) is 0 Å². The minimum atomic E-state index is -0.264. The molecule has 27 heavy (non-hydrogen) atoms. The van der Waals surface area contributed by atoms with Crippen molar-refractivity contribution in [2.24, 2.45) is 0 Å². The maximum Gasteiger partial charge on any atom is 0.223 e. The smallest absolute Gasteiger partial charge is 0.223 e. The zero-order valence-electron chi connectivity index (χ0n) is 14.9. The highest BCUT2D eigenvalue weighted by Gasteiger charge is 2.18. The van der Waals surface area contributed by atoms with Gasteiger partial charge in [-0.3, -0.25) is 0 Å². The minimum Gasteiger partial charge on any atom is -0.469 e. The van der Waals surface area contributed by atoms with Crippen LogP contribution in [0.25, 0.3) is 22.6 Å². The topological polar surface area (TPSA) is 77.0 Å². The van der Waals surface area contributed by atoms with E-state index in [2.05, 4.69) is 20.4 Å². The van der Waals surface area contributed by atoms with Crippen LogP contribution in [0.3, 0.4) is 0 Å². The molecule has 0 aliphatic rings. The van der Waals surface area contributed by atoms with E-state index in [4.69, 9.17) is 8.94 Å². The Hall–Kier alpha value is -3.48. The third kappa shape index (κ3) is 3.57. The lowest BCUT2D eigenvalue weighted by molar-refractivity contribution is 0.427. The van der Waals surface area contributed by atoms with E-state index in [9.17, 15) is 4.39 Å². The fourth-order valence-electron chi connectivity index (χ4n) is 2.76. The summed E-state index contributed by atoms with van der Waals surface area (Å²) in [7, 11) is 0. The Morgan fingerprint density at radius 3 is 2.56 bits per heavy atom. The Morgan fingerprint density at radius 1 is 1.07 bits per heavy atom. The third-order valence-electron chi connectivity index (χ3n) is 4.16. The van der Waals surface area contributed by atoms with Crippen molar-refractivity contribution in [2.45, 2.75) is 20.4 Å². The van der Waals surface area contributed by atoms with Gasteiger partial charge >= 0.3 is 0 Å². The number of aromatic nitrogens is 3. The maximum absolute atomic E-state index is 13.0. The van der Waals surface area contributed by atoms with Gasteiger partial charge in [0.1, 0.15) is 11.6 Å². The highest BCUT2D eigenvalue weighted by molar-refractivity contribution is 5.79. The normalized spacial score (nSPS) is 10.9. The summed E-state index contributed by atoms with van der Waals surface area (Å²) in [6, 6.07) is 9.97. The van der Waals surface area contributed by atoms with E-state index in [-0.39, 0.29) is 5.82 Å². The molecule has 7 heteroatoms. The number of nitrogens with one attached hydrogen (secondary N) is 1. The first-order chi connectivity index (χ1) is 13.1. The highest BCUT2D eigenvalue weighted by atomic mass is 19.1. The second kappa shape index (κ2) is 7.03. The number of halogens is 1. The molecule has 4 aromatic rings. The molecule has 0 radical (unpaired) electrons. The summed E-state index contributed by atoms with van der Waals surface area (Å²) in [4.78, 5) is 9.03. The highest BCUT2D eigenvalue weighted by Crippen LogP contribution is 2.33. The van der Waals surface area contributed by atoms with E-state index >= 15 is 0 Å². The number of rotatable bonds is 5. The van der Waals surface area contributed by atoms with Crippen molar-refractivity contribution >= 4 is 5.95 Å². The van der Waals surface area contributed by atoms with Crippen LogP contribution in [0.15, 0.2) is 57.8 Å². The maximum atomic E-state index is 13.0. The van der Waals surface area contributed by atoms with Crippen molar-refractivity contribution < 1.29 is 13.3 Å². The number of nitrogens with zero attached hydrogens (tertiary/aromatic N) is 3. The van der Waals surface area contributed by atoms with Crippen molar-refractivity contribution in [2.75, 3.05) is 5.32 Å². The molecular weight excluding hydrogens is 347 g/mol. The largest absolute Gasteiger partial charge is 0.469 e. The van der Waals surface area contributed by atoms with Crippen LogP contribution in [0.4, 0.5) is 10.3 Å². The first kappa shape index (κ1) is 17.0. The number of anilines is 1. The zero-order valence-corrected chi connectivity index (χ0v) is 14.9.